The lowest BCUT2D eigenvalue weighted by Crippen LogP contribution is -2.47. The van der Waals surface area contributed by atoms with Gasteiger partial charge in [-0.3, -0.25) is 9.59 Å². The van der Waals surface area contributed by atoms with Crippen molar-refractivity contribution >= 4 is 22.7 Å². The van der Waals surface area contributed by atoms with E-state index in [1.165, 1.54) is 25.7 Å². The number of aromatic amines is 1. The second-order valence-corrected chi connectivity index (χ2v) is 7.63. The number of nitrogens with zero attached hydrogens (tertiary/aromatic N) is 1. The Morgan fingerprint density at radius 1 is 1.12 bits per heavy atom. The standard InChI is InChI=1S/C21H27N3O2/c25-20-12-11-19(21(26)23-16-7-3-1-2-4-8-16)24(20)14-15-13-22-18-10-6-5-9-17(15)18/h5-6,9-10,13,16,19,22H,1-4,7-8,11-12,14H2,(H,23,26). The van der Waals surface area contributed by atoms with E-state index in [9.17, 15) is 9.59 Å². The molecular weight excluding hydrogens is 326 g/mol. The van der Waals surface area contributed by atoms with Gasteiger partial charge in [-0.15, -0.1) is 0 Å². The van der Waals surface area contributed by atoms with E-state index in [1.807, 2.05) is 24.4 Å². The molecule has 4 rings (SSSR count). The van der Waals surface area contributed by atoms with Gasteiger partial charge in [-0.05, 0) is 30.9 Å². The van der Waals surface area contributed by atoms with Crippen LogP contribution < -0.4 is 5.32 Å². The Bertz CT molecular complexity index is 789. The number of rotatable bonds is 4. The number of para-hydroxylation sites is 1. The minimum Gasteiger partial charge on any atom is -0.361 e. The van der Waals surface area contributed by atoms with Gasteiger partial charge in [0.25, 0.3) is 0 Å². The molecule has 2 aromatic rings. The Balaban J connectivity index is 1.47. The largest absolute Gasteiger partial charge is 0.361 e. The third kappa shape index (κ3) is 3.48. The van der Waals surface area contributed by atoms with Crippen LogP contribution in [0.4, 0.5) is 0 Å². The van der Waals surface area contributed by atoms with E-state index in [4.69, 9.17) is 0 Å². The van der Waals surface area contributed by atoms with Gasteiger partial charge in [-0.25, -0.2) is 0 Å². The average Bonchev–Trinajstić information content (AvgIpc) is 3.11. The summed E-state index contributed by atoms with van der Waals surface area (Å²) in [5.41, 5.74) is 2.14. The molecule has 5 nitrogen and oxygen atoms in total. The van der Waals surface area contributed by atoms with Crippen LogP contribution in [-0.4, -0.2) is 33.8 Å². The Kier molecular flexibility index (Phi) is 4.96. The Hall–Kier alpha value is -2.30. The molecule has 26 heavy (non-hydrogen) atoms. The van der Waals surface area contributed by atoms with Crippen molar-refractivity contribution in [3.63, 3.8) is 0 Å². The molecule has 1 saturated heterocycles. The molecule has 138 valence electrons. The van der Waals surface area contributed by atoms with E-state index in [2.05, 4.69) is 16.4 Å². The molecule has 2 heterocycles. The molecule has 2 N–H and O–H groups in total. The van der Waals surface area contributed by atoms with Gasteiger partial charge >= 0.3 is 0 Å². The van der Waals surface area contributed by atoms with Crippen LogP contribution in [0.3, 0.4) is 0 Å². The minimum atomic E-state index is -0.334. The van der Waals surface area contributed by atoms with E-state index in [1.54, 1.807) is 4.90 Å². The van der Waals surface area contributed by atoms with Crippen LogP contribution in [0.25, 0.3) is 10.9 Å². The fraction of sp³-hybridized carbons (Fsp3) is 0.524. The molecule has 1 unspecified atom stereocenters. The van der Waals surface area contributed by atoms with Crippen molar-refractivity contribution in [2.45, 2.75) is 70.0 Å². The Morgan fingerprint density at radius 2 is 1.88 bits per heavy atom. The molecule has 2 amide bonds. The predicted molar refractivity (Wildman–Crippen MR) is 102 cm³/mol. The number of hydrogen-bond acceptors (Lipinski definition) is 2. The van der Waals surface area contributed by atoms with Crippen molar-refractivity contribution in [2.75, 3.05) is 0 Å². The van der Waals surface area contributed by atoms with Gasteiger partial charge in [0, 0.05) is 36.1 Å². The van der Waals surface area contributed by atoms with E-state index in [0.29, 0.717) is 19.4 Å². The number of fused-ring (bicyclic) bond motifs is 1. The Labute approximate surface area is 154 Å². The van der Waals surface area contributed by atoms with Crippen LogP contribution >= 0.6 is 0 Å². The van der Waals surface area contributed by atoms with Crippen LogP contribution in [-0.2, 0) is 16.1 Å². The summed E-state index contributed by atoms with van der Waals surface area (Å²) in [5, 5.41) is 4.35. The summed E-state index contributed by atoms with van der Waals surface area (Å²) >= 11 is 0. The molecule has 1 aliphatic carbocycles. The van der Waals surface area contributed by atoms with Crippen molar-refractivity contribution < 1.29 is 9.59 Å². The van der Waals surface area contributed by atoms with Crippen molar-refractivity contribution in [3.05, 3.63) is 36.0 Å². The normalized spacial score (nSPS) is 21.9. The van der Waals surface area contributed by atoms with Crippen LogP contribution in [0.15, 0.2) is 30.5 Å². The van der Waals surface area contributed by atoms with Gasteiger partial charge in [-0.1, -0.05) is 43.9 Å². The lowest BCUT2D eigenvalue weighted by atomic mass is 10.1. The van der Waals surface area contributed by atoms with Crippen molar-refractivity contribution in [3.8, 4) is 0 Å². The van der Waals surface area contributed by atoms with Crippen molar-refractivity contribution in [2.24, 2.45) is 0 Å². The lowest BCUT2D eigenvalue weighted by molar-refractivity contribution is -0.136. The number of nitrogens with one attached hydrogen (secondary N) is 2. The number of aromatic nitrogens is 1. The van der Waals surface area contributed by atoms with Gasteiger partial charge in [0.05, 0.1) is 0 Å². The lowest BCUT2D eigenvalue weighted by Gasteiger charge is -2.26. The van der Waals surface area contributed by atoms with E-state index in [0.717, 1.165) is 29.3 Å². The number of carbonyl (C=O) groups is 2. The summed E-state index contributed by atoms with van der Waals surface area (Å²) in [4.78, 5) is 30.3. The summed E-state index contributed by atoms with van der Waals surface area (Å²) in [6, 6.07) is 8.02. The summed E-state index contributed by atoms with van der Waals surface area (Å²) in [6.07, 6.45) is 10.1. The zero-order valence-corrected chi connectivity index (χ0v) is 15.2. The van der Waals surface area contributed by atoms with Crippen LogP contribution in [0.2, 0.25) is 0 Å². The van der Waals surface area contributed by atoms with Gasteiger partial charge in [0.2, 0.25) is 11.8 Å². The van der Waals surface area contributed by atoms with Gasteiger partial charge in [0.15, 0.2) is 0 Å². The summed E-state index contributed by atoms with van der Waals surface area (Å²) < 4.78 is 0. The molecule has 0 radical (unpaired) electrons. The highest BCUT2D eigenvalue weighted by atomic mass is 16.2. The zero-order valence-electron chi connectivity index (χ0n) is 15.2. The molecule has 0 bridgehead atoms. The molecule has 0 spiro atoms. The van der Waals surface area contributed by atoms with E-state index < -0.39 is 0 Å². The molecule has 1 aromatic heterocycles. The van der Waals surface area contributed by atoms with Crippen molar-refractivity contribution in [1.82, 2.24) is 15.2 Å². The molecule has 1 atom stereocenters. The Morgan fingerprint density at radius 3 is 2.69 bits per heavy atom. The first-order valence-electron chi connectivity index (χ1n) is 9.87. The number of carbonyl (C=O) groups excluding carboxylic acids is 2. The van der Waals surface area contributed by atoms with Crippen LogP contribution in [0.5, 0.6) is 0 Å². The topological polar surface area (TPSA) is 65.2 Å². The molecule has 1 aliphatic heterocycles. The summed E-state index contributed by atoms with van der Waals surface area (Å²) in [5.74, 6) is 0.110. The zero-order chi connectivity index (χ0) is 17.9. The van der Waals surface area contributed by atoms with E-state index in [-0.39, 0.29) is 23.9 Å². The molecule has 5 heteroatoms. The first-order valence-corrected chi connectivity index (χ1v) is 9.87. The number of hydrogen-bond donors (Lipinski definition) is 2. The average molecular weight is 353 g/mol. The number of likely N-dealkylation sites (tertiary alicyclic amines) is 1. The third-order valence-corrected chi connectivity index (χ3v) is 5.85. The highest BCUT2D eigenvalue weighted by Gasteiger charge is 2.37. The smallest absolute Gasteiger partial charge is 0.243 e. The maximum Gasteiger partial charge on any atom is 0.243 e. The molecule has 2 fully saturated rings. The molecule has 1 saturated carbocycles. The predicted octanol–water partition coefficient (Wildman–Crippen LogP) is 3.50. The fourth-order valence-corrected chi connectivity index (χ4v) is 4.37. The number of H-pyrrole nitrogens is 1. The van der Waals surface area contributed by atoms with Crippen molar-refractivity contribution in [1.29, 1.82) is 0 Å². The molecule has 1 aromatic carbocycles. The second kappa shape index (κ2) is 7.52. The van der Waals surface area contributed by atoms with Gasteiger partial charge in [0.1, 0.15) is 6.04 Å². The minimum absolute atomic E-state index is 0.0302. The fourth-order valence-electron chi connectivity index (χ4n) is 4.37. The first-order chi connectivity index (χ1) is 12.7. The highest BCUT2D eigenvalue weighted by Crippen LogP contribution is 2.26. The van der Waals surface area contributed by atoms with Gasteiger partial charge < -0.3 is 15.2 Å². The first kappa shape index (κ1) is 17.1. The van der Waals surface area contributed by atoms with E-state index >= 15 is 0 Å². The second-order valence-electron chi connectivity index (χ2n) is 7.63. The SMILES string of the molecule is O=C(NC1CCCCCC1)C1CCC(=O)N1Cc1c[nH]c2ccccc12. The summed E-state index contributed by atoms with van der Waals surface area (Å²) in [7, 11) is 0. The third-order valence-electron chi connectivity index (χ3n) is 5.85. The monoisotopic (exact) mass is 353 g/mol. The molecule has 2 aliphatic rings. The maximum absolute atomic E-state index is 12.9. The van der Waals surface area contributed by atoms with Gasteiger partial charge in [-0.2, -0.15) is 0 Å². The quantitative estimate of drug-likeness (QED) is 0.826. The number of benzene rings is 1. The van der Waals surface area contributed by atoms with Crippen LogP contribution in [0, 0.1) is 0 Å². The summed E-state index contributed by atoms with van der Waals surface area (Å²) in [6.45, 7) is 0.492. The highest BCUT2D eigenvalue weighted by molar-refractivity contribution is 5.91. The molecular formula is C21H27N3O2. The maximum atomic E-state index is 12.9. The van der Waals surface area contributed by atoms with Crippen LogP contribution in [0.1, 0.15) is 56.9 Å². The number of amides is 2.